The van der Waals surface area contributed by atoms with Crippen LogP contribution < -0.4 is 9.80 Å². The Labute approximate surface area is 187 Å². The van der Waals surface area contributed by atoms with Gasteiger partial charge >= 0.3 is 0 Å². The molecule has 2 amide bonds. The predicted octanol–water partition coefficient (Wildman–Crippen LogP) is 5.71. The summed E-state index contributed by atoms with van der Waals surface area (Å²) >= 11 is 1.34. The van der Waals surface area contributed by atoms with Crippen molar-refractivity contribution in [2.45, 2.75) is 25.7 Å². The van der Waals surface area contributed by atoms with E-state index in [9.17, 15) is 9.59 Å². The summed E-state index contributed by atoms with van der Waals surface area (Å²) in [6.07, 6.45) is 0. The SMILES string of the molecule is CCN(C1=C(Sc2ccccc2)C(=O)N(c2cc(C)cc(C)c2)C1=O)c1ccccc1. The van der Waals surface area contributed by atoms with Crippen molar-refractivity contribution in [1.29, 1.82) is 0 Å². The summed E-state index contributed by atoms with van der Waals surface area (Å²) in [7, 11) is 0. The quantitative estimate of drug-likeness (QED) is 0.472. The van der Waals surface area contributed by atoms with E-state index in [1.54, 1.807) is 0 Å². The zero-order valence-electron chi connectivity index (χ0n) is 17.8. The van der Waals surface area contributed by atoms with Gasteiger partial charge in [-0.15, -0.1) is 0 Å². The van der Waals surface area contributed by atoms with Gasteiger partial charge in [0.2, 0.25) is 0 Å². The highest BCUT2D eigenvalue weighted by molar-refractivity contribution is 8.04. The second kappa shape index (κ2) is 8.82. The molecule has 3 aromatic carbocycles. The monoisotopic (exact) mass is 428 g/mol. The van der Waals surface area contributed by atoms with Gasteiger partial charge in [0.15, 0.2) is 0 Å². The van der Waals surface area contributed by atoms with Crippen LogP contribution in [-0.2, 0) is 9.59 Å². The van der Waals surface area contributed by atoms with Crippen molar-refractivity contribution in [3.8, 4) is 0 Å². The fraction of sp³-hybridized carbons (Fsp3) is 0.154. The van der Waals surface area contributed by atoms with Crippen LogP contribution in [0.15, 0.2) is 94.4 Å². The summed E-state index contributed by atoms with van der Waals surface area (Å²) in [4.78, 5) is 31.9. The highest BCUT2D eigenvalue weighted by Gasteiger charge is 2.42. The van der Waals surface area contributed by atoms with Crippen LogP contribution in [0, 0.1) is 13.8 Å². The maximum absolute atomic E-state index is 13.7. The number of nitrogens with zero attached hydrogens (tertiary/aromatic N) is 2. The summed E-state index contributed by atoms with van der Waals surface area (Å²) in [5.74, 6) is -0.577. The molecule has 156 valence electrons. The maximum atomic E-state index is 13.7. The van der Waals surface area contributed by atoms with Gasteiger partial charge < -0.3 is 4.90 Å². The minimum absolute atomic E-state index is 0.284. The van der Waals surface area contributed by atoms with Crippen LogP contribution in [-0.4, -0.2) is 18.4 Å². The molecule has 4 rings (SSSR count). The molecule has 3 aromatic rings. The lowest BCUT2D eigenvalue weighted by Crippen LogP contribution is -2.35. The standard InChI is InChI=1S/C26H24N2O2S/c1-4-27(20-11-7-5-8-12-20)23-24(31-22-13-9-6-10-14-22)26(30)28(25(23)29)21-16-18(2)15-19(3)17-21/h5-17H,4H2,1-3H3. The number of hydrogen-bond donors (Lipinski definition) is 0. The Bertz CT molecular complexity index is 1140. The molecule has 0 unspecified atom stereocenters. The number of hydrogen-bond acceptors (Lipinski definition) is 4. The van der Waals surface area contributed by atoms with Gasteiger partial charge in [-0.25, -0.2) is 4.90 Å². The van der Waals surface area contributed by atoms with E-state index in [0.29, 0.717) is 22.8 Å². The molecule has 1 aliphatic heterocycles. The lowest BCUT2D eigenvalue weighted by Gasteiger charge is -2.24. The Kier molecular flexibility index (Phi) is 5.96. The molecule has 5 heteroatoms. The third-order valence-electron chi connectivity index (χ3n) is 5.10. The average Bonchev–Trinajstić information content (AvgIpc) is 2.99. The summed E-state index contributed by atoms with van der Waals surface area (Å²) in [6.45, 7) is 6.50. The lowest BCUT2D eigenvalue weighted by atomic mass is 10.1. The predicted molar refractivity (Wildman–Crippen MR) is 127 cm³/mol. The van der Waals surface area contributed by atoms with Gasteiger partial charge in [0.25, 0.3) is 11.8 Å². The zero-order valence-corrected chi connectivity index (χ0v) is 18.6. The molecule has 0 aromatic heterocycles. The molecule has 0 aliphatic carbocycles. The summed E-state index contributed by atoms with van der Waals surface area (Å²) < 4.78 is 0. The van der Waals surface area contributed by atoms with E-state index in [4.69, 9.17) is 0 Å². The summed E-state index contributed by atoms with van der Waals surface area (Å²) in [5.41, 5.74) is 3.94. The Morgan fingerprint density at radius 3 is 1.97 bits per heavy atom. The van der Waals surface area contributed by atoms with E-state index in [1.165, 1.54) is 16.7 Å². The molecular formula is C26H24N2O2S. The van der Waals surface area contributed by atoms with E-state index in [1.807, 2.05) is 105 Å². The molecule has 31 heavy (non-hydrogen) atoms. The summed E-state index contributed by atoms with van der Waals surface area (Å²) in [6, 6.07) is 25.2. The molecule has 4 nitrogen and oxygen atoms in total. The minimum Gasteiger partial charge on any atom is -0.336 e. The van der Waals surface area contributed by atoms with E-state index in [-0.39, 0.29) is 11.8 Å². The van der Waals surface area contributed by atoms with E-state index >= 15 is 0 Å². The van der Waals surface area contributed by atoms with Crippen LogP contribution in [0.1, 0.15) is 18.1 Å². The van der Waals surface area contributed by atoms with Gasteiger partial charge in [-0.3, -0.25) is 9.59 Å². The zero-order chi connectivity index (χ0) is 22.0. The molecule has 0 fully saturated rings. The van der Waals surface area contributed by atoms with E-state index in [2.05, 4.69) is 0 Å². The molecule has 0 N–H and O–H groups in total. The number of likely N-dealkylation sites (N-methyl/N-ethyl adjacent to an activating group) is 1. The molecule has 0 saturated carbocycles. The number of carbonyl (C=O) groups is 2. The lowest BCUT2D eigenvalue weighted by molar-refractivity contribution is -0.120. The largest absolute Gasteiger partial charge is 0.336 e. The molecule has 0 radical (unpaired) electrons. The third-order valence-corrected chi connectivity index (χ3v) is 6.18. The van der Waals surface area contributed by atoms with Crippen LogP contribution in [0.2, 0.25) is 0 Å². The molecule has 1 aliphatic rings. The first-order valence-electron chi connectivity index (χ1n) is 10.3. The molecular weight excluding hydrogens is 404 g/mol. The van der Waals surface area contributed by atoms with Gasteiger partial charge in [0.05, 0.1) is 5.69 Å². The fourth-order valence-electron chi connectivity index (χ4n) is 3.83. The van der Waals surface area contributed by atoms with Crippen LogP contribution >= 0.6 is 11.8 Å². The van der Waals surface area contributed by atoms with Gasteiger partial charge in [0, 0.05) is 17.1 Å². The average molecular weight is 429 g/mol. The highest BCUT2D eigenvalue weighted by Crippen LogP contribution is 2.40. The van der Waals surface area contributed by atoms with E-state index in [0.717, 1.165) is 21.7 Å². The number of carbonyl (C=O) groups excluding carboxylic acids is 2. The second-order valence-electron chi connectivity index (χ2n) is 7.46. The Hall–Kier alpha value is -3.31. The number of para-hydroxylation sites is 1. The maximum Gasteiger partial charge on any atom is 0.283 e. The van der Waals surface area contributed by atoms with Gasteiger partial charge in [-0.05, 0) is 68.3 Å². The van der Waals surface area contributed by atoms with Crippen molar-refractivity contribution in [1.82, 2.24) is 0 Å². The van der Waals surface area contributed by atoms with Gasteiger partial charge in [-0.2, -0.15) is 0 Å². The molecule has 1 heterocycles. The molecule has 0 saturated heterocycles. The highest BCUT2D eigenvalue weighted by atomic mass is 32.2. The van der Waals surface area contributed by atoms with Crippen molar-refractivity contribution in [2.75, 3.05) is 16.3 Å². The normalized spacial score (nSPS) is 13.8. The van der Waals surface area contributed by atoms with Crippen molar-refractivity contribution >= 4 is 35.0 Å². The van der Waals surface area contributed by atoms with Gasteiger partial charge in [0.1, 0.15) is 10.6 Å². The Morgan fingerprint density at radius 1 is 0.806 bits per heavy atom. The van der Waals surface area contributed by atoms with Crippen molar-refractivity contribution < 1.29 is 9.59 Å². The second-order valence-corrected chi connectivity index (χ2v) is 8.55. The molecule has 0 bridgehead atoms. The number of imide groups is 1. The smallest absolute Gasteiger partial charge is 0.283 e. The van der Waals surface area contributed by atoms with Crippen molar-refractivity contribution in [3.05, 3.63) is 101 Å². The number of aryl methyl sites for hydroxylation is 2. The van der Waals surface area contributed by atoms with Gasteiger partial charge in [-0.1, -0.05) is 54.2 Å². The minimum atomic E-state index is -0.292. The number of thioether (sulfide) groups is 1. The van der Waals surface area contributed by atoms with Crippen LogP contribution in [0.4, 0.5) is 11.4 Å². The summed E-state index contributed by atoms with van der Waals surface area (Å²) in [5, 5.41) is 0. The molecule has 0 atom stereocenters. The number of rotatable bonds is 6. The van der Waals surface area contributed by atoms with Crippen LogP contribution in [0.3, 0.4) is 0 Å². The topological polar surface area (TPSA) is 40.6 Å². The number of anilines is 2. The first kappa shape index (κ1) is 20.9. The fourth-order valence-corrected chi connectivity index (χ4v) is 4.83. The Morgan fingerprint density at radius 2 is 1.39 bits per heavy atom. The van der Waals surface area contributed by atoms with Crippen LogP contribution in [0.5, 0.6) is 0 Å². The molecule has 0 spiro atoms. The number of benzene rings is 3. The third kappa shape index (κ3) is 4.14. The van der Waals surface area contributed by atoms with Crippen molar-refractivity contribution in [2.24, 2.45) is 0 Å². The van der Waals surface area contributed by atoms with Crippen molar-refractivity contribution in [3.63, 3.8) is 0 Å². The number of amides is 2. The van der Waals surface area contributed by atoms with E-state index < -0.39 is 0 Å². The Balaban J connectivity index is 1.84. The first-order valence-corrected chi connectivity index (χ1v) is 11.1. The van der Waals surface area contributed by atoms with Crippen LogP contribution in [0.25, 0.3) is 0 Å². The first-order chi connectivity index (χ1) is 15.0.